The number of hydrogen-bond donors (Lipinski definition) is 1. The molecule has 1 heterocycles. The lowest BCUT2D eigenvalue weighted by atomic mass is 9.86. The van der Waals surface area contributed by atoms with Crippen LogP contribution in [0.15, 0.2) is 28.2 Å². The Morgan fingerprint density at radius 1 is 1.00 bits per heavy atom. The van der Waals surface area contributed by atoms with Crippen LogP contribution < -0.4 is 0 Å². The second-order valence-corrected chi connectivity index (χ2v) is 5.20. The highest BCUT2D eigenvalue weighted by atomic mass is 15.1. The fourth-order valence-electron chi connectivity index (χ4n) is 2.26. The fraction of sp³-hybridized carbons (Fsp3) is 0.400. The average molecular weight is 241 g/mol. The Morgan fingerprint density at radius 2 is 1.56 bits per heavy atom. The van der Waals surface area contributed by atoms with Gasteiger partial charge in [-0.05, 0) is 23.0 Å². The van der Waals surface area contributed by atoms with Gasteiger partial charge in [0.2, 0.25) is 5.96 Å². The van der Waals surface area contributed by atoms with Crippen LogP contribution in [0.3, 0.4) is 0 Å². The summed E-state index contributed by atoms with van der Waals surface area (Å²) in [6.45, 7) is 8.73. The molecule has 1 aliphatic rings. The van der Waals surface area contributed by atoms with Crippen LogP contribution in [0.1, 0.15) is 56.2 Å². The zero-order valence-electron chi connectivity index (χ0n) is 11.4. The highest BCUT2D eigenvalue weighted by molar-refractivity contribution is 6.44. The minimum atomic E-state index is 0.0956. The molecular formula is C15H19N3. The molecule has 1 aromatic rings. The smallest absolute Gasteiger partial charge is 0.242 e. The summed E-state index contributed by atoms with van der Waals surface area (Å²) in [5, 5.41) is 7.50. The van der Waals surface area contributed by atoms with Crippen molar-refractivity contribution in [3.8, 4) is 0 Å². The Morgan fingerprint density at radius 3 is 1.94 bits per heavy atom. The van der Waals surface area contributed by atoms with Gasteiger partial charge in [0.15, 0.2) is 0 Å². The molecule has 0 radical (unpaired) electrons. The highest BCUT2D eigenvalue weighted by Gasteiger charge is 2.19. The first-order chi connectivity index (χ1) is 8.50. The first-order valence-electron chi connectivity index (χ1n) is 6.35. The molecule has 0 aliphatic carbocycles. The minimum Gasteiger partial charge on any atom is -0.265 e. The summed E-state index contributed by atoms with van der Waals surface area (Å²) in [6, 6.07) is 6.39. The van der Waals surface area contributed by atoms with E-state index in [9.17, 15) is 0 Å². The first kappa shape index (κ1) is 12.7. The van der Waals surface area contributed by atoms with Gasteiger partial charge in [-0.3, -0.25) is 5.41 Å². The van der Waals surface area contributed by atoms with Gasteiger partial charge in [0.25, 0.3) is 0 Å². The molecule has 0 amide bonds. The monoisotopic (exact) mass is 241 g/mol. The number of aliphatic imine (C=N–C) groups is 2. The van der Waals surface area contributed by atoms with Gasteiger partial charge >= 0.3 is 0 Å². The number of nitrogens with one attached hydrogen (secondary N) is 1. The molecule has 0 saturated heterocycles. The second-order valence-electron chi connectivity index (χ2n) is 5.20. The zero-order chi connectivity index (χ0) is 13.3. The fourth-order valence-corrected chi connectivity index (χ4v) is 2.26. The van der Waals surface area contributed by atoms with Gasteiger partial charge in [0.05, 0.1) is 11.9 Å². The number of nitrogens with zero attached hydrogens (tertiary/aromatic N) is 2. The van der Waals surface area contributed by atoms with Gasteiger partial charge in [-0.15, -0.1) is 0 Å². The quantitative estimate of drug-likeness (QED) is 0.838. The van der Waals surface area contributed by atoms with Crippen LogP contribution in [-0.2, 0) is 0 Å². The van der Waals surface area contributed by atoms with E-state index in [0.29, 0.717) is 11.8 Å². The summed E-state index contributed by atoms with van der Waals surface area (Å²) in [4.78, 5) is 8.17. The molecule has 2 rings (SSSR count). The SMILES string of the molecule is CC(C)c1cccc(C(C)C)c1C1=NC(=N)N=C1. The van der Waals surface area contributed by atoms with Crippen molar-refractivity contribution in [2.45, 2.75) is 39.5 Å². The summed E-state index contributed by atoms with van der Waals surface area (Å²) in [6.07, 6.45) is 1.70. The molecule has 0 spiro atoms. The number of guanidine groups is 1. The van der Waals surface area contributed by atoms with E-state index in [2.05, 4.69) is 55.9 Å². The molecule has 0 fully saturated rings. The Balaban J connectivity index is 2.65. The van der Waals surface area contributed by atoms with Crippen LogP contribution in [-0.4, -0.2) is 17.9 Å². The molecule has 94 valence electrons. The Kier molecular flexibility index (Phi) is 3.41. The van der Waals surface area contributed by atoms with Crippen molar-refractivity contribution in [2.75, 3.05) is 0 Å². The minimum absolute atomic E-state index is 0.0956. The van der Waals surface area contributed by atoms with Gasteiger partial charge in [-0.2, -0.15) is 0 Å². The predicted octanol–water partition coefficient (Wildman–Crippen LogP) is 3.74. The van der Waals surface area contributed by atoms with E-state index < -0.39 is 0 Å². The molecule has 3 nitrogen and oxygen atoms in total. The van der Waals surface area contributed by atoms with Crippen molar-refractivity contribution in [3.05, 3.63) is 34.9 Å². The molecule has 1 N–H and O–H groups in total. The molecule has 0 aromatic heterocycles. The molecule has 0 unspecified atom stereocenters. The third-order valence-electron chi connectivity index (χ3n) is 3.16. The Hall–Kier alpha value is -1.77. The largest absolute Gasteiger partial charge is 0.265 e. The lowest BCUT2D eigenvalue weighted by Crippen LogP contribution is -2.11. The summed E-state index contributed by atoms with van der Waals surface area (Å²) in [5.74, 6) is 0.965. The van der Waals surface area contributed by atoms with Crippen molar-refractivity contribution in [1.29, 1.82) is 5.41 Å². The highest BCUT2D eigenvalue weighted by Crippen LogP contribution is 2.28. The van der Waals surface area contributed by atoms with Crippen LogP contribution in [0.2, 0.25) is 0 Å². The van der Waals surface area contributed by atoms with E-state index in [0.717, 1.165) is 11.3 Å². The van der Waals surface area contributed by atoms with Crippen LogP contribution in [0.5, 0.6) is 0 Å². The van der Waals surface area contributed by atoms with E-state index in [-0.39, 0.29) is 5.96 Å². The molecule has 0 saturated carbocycles. The zero-order valence-corrected chi connectivity index (χ0v) is 11.4. The van der Waals surface area contributed by atoms with Crippen LogP contribution in [0, 0.1) is 5.41 Å². The van der Waals surface area contributed by atoms with Crippen molar-refractivity contribution in [1.82, 2.24) is 0 Å². The van der Waals surface area contributed by atoms with E-state index in [4.69, 9.17) is 5.41 Å². The molecule has 3 heteroatoms. The summed E-state index contributed by atoms with van der Waals surface area (Å²) < 4.78 is 0. The van der Waals surface area contributed by atoms with Crippen LogP contribution >= 0.6 is 0 Å². The molecular weight excluding hydrogens is 222 g/mol. The van der Waals surface area contributed by atoms with Crippen molar-refractivity contribution >= 4 is 17.9 Å². The van der Waals surface area contributed by atoms with Crippen molar-refractivity contribution < 1.29 is 0 Å². The second kappa shape index (κ2) is 4.84. The lowest BCUT2D eigenvalue weighted by Gasteiger charge is -2.18. The van der Waals surface area contributed by atoms with Gasteiger partial charge in [0, 0.05) is 5.56 Å². The number of hydrogen-bond acceptors (Lipinski definition) is 1. The summed E-state index contributed by atoms with van der Waals surface area (Å²) >= 11 is 0. The Bertz CT molecular complexity index is 510. The summed E-state index contributed by atoms with van der Waals surface area (Å²) in [5.41, 5.74) is 4.55. The van der Waals surface area contributed by atoms with E-state index in [1.165, 1.54) is 11.1 Å². The molecule has 1 aliphatic heterocycles. The molecule has 1 aromatic carbocycles. The molecule has 18 heavy (non-hydrogen) atoms. The van der Waals surface area contributed by atoms with Crippen molar-refractivity contribution in [3.63, 3.8) is 0 Å². The standard InChI is InChI=1S/C15H19N3/c1-9(2)11-6-5-7-12(10(3)4)14(11)13-8-17-15(16)18-13/h5-10,16H,1-4H3. The van der Waals surface area contributed by atoms with Gasteiger partial charge in [0.1, 0.15) is 0 Å². The average Bonchev–Trinajstić information content (AvgIpc) is 2.74. The van der Waals surface area contributed by atoms with Gasteiger partial charge in [-0.25, -0.2) is 9.98 Å². The third-order valence-corrected chi connectivity index (χ3v) is 3.16. The predicted molar refractivity (Wildman–Crippen MR) is 77.4 cm³/mol. The number of benzene rings is 1. The normalized spacial score (nSPS) is 14.8. The maximum absolute atomic E-state index is 7.50. The first-order valence-corrected chi connectivity index (χ1v) is 6.35. The maximum atomic E-state index is 7.50. The molecule has 0 bridgehead atoms. The third kappa shape index (κ3) is 2.26. The van der Waals surface area contributed by atoms with E-state index in [1.807, 2.05) is 0 Å². The molecule has 0 atom stereocenters. The van der Waals surface area contributed by atoms with E-state index in [1.54, 1.807) is 6.21 Å². The van der Waals surface area contributed by atoms with Crippen LogP contribution in [0.4, 0.5) is 0 Å². The van der Waals surface area contributed by atoms with Gasteiger partial charge in [-0.1, -0.05) is 45.9 Å². The summed E-state index contributed by atoms with van der Waals surface area (Å²) in [7, 11) is 0. The Labute approximate surface area is 108 Å². The van der Waals surface area contributed by atoms with E-state index >= 15 is 0 Å². The van der Waals surface area contributed by atoms with Crippen molar-refractivity contribution in [2.24, 2.45) is 9.98 Å². The topological polar surface area (TPSA) is 48.6 Å². The lowest BCUT2D eigenvalue weighted by molar-refractivity contribution is 0.830. The van der Waals surface area contributed by atoms with Gasteiger partial charge < -0.3 is 0 Å². The maximum Gasteiger partial charge on any atom is 0.242 e. The van der Waals surface area contributed by atoms with Crippen LogP contribution in [0.25, 0.3) is 0 Å². The number of rotatable bonds is 3.